The number of ether oxygens (including phenoxy) is 1. The molecule has 5 nitrogen and oxygen atoms in total. The predicted octanol–water partition coefficient (Wildman–Crippen LogP) is 4.16. The van der Waals surface area contributed by atoms with Gasteiger partial charge in [0.1, 0.15) is 5.75 Å². The fourth-order valence-electron chi connectivity index (χ4n) is 1.94. The van der Waals surface area contributed by atoms with E-state index in [1.54, 1.807) is 6.07 Å². The van der Waals surface area contributed by atoms with Crippen molar-refractivity contribution >= 4 is 50.9 Å². The molecule has 0 aromatic heterocycles. The molecule has 0 bridgehead atoms. The molecular formula is C17H15BrCl2N2O3. The molecule has 0 aliphatic rings. The first-order valence-electron chi connectivity index (χ1n) is 7.35. The predicted molar refractivity (Wildman–Crippen MR) is 101 cm³/mol. The Morgan fingerprint density at radius 2 is 1.76 bits per heavy atom. The molecule has 0 heterocycles. The van der Waals surface area contributed by atoms with E-state index >= 15 is 0 Å². The van der Waals surface area contributed by atoms with E-state index in [0.717, 1.165) is 16.5 Å². The summed E-state index contributed by atoms with van der Waals surface area (Å²) in [6.45, 7) is 1.80. The lowest BCUT2D eigenvalue weighted by Crippen LogP contribution is -2.43. The Hall–Kier alpha value is -1.76. The van der Waals surface area contributed by atoms with Gasteiger partial charge in [-0.05, 0) is 58.2 Å². The Labute approximate surface area is 163 Å². The molecule has 2 N–H and O–H groups in total. The molecule has 132 valence electrons. The highest BCUT2D eigenvalue weighted by molar-refractivity contribution is 9.10. The Bertz CT molecular complexity index is 779. The number of amides is 2. The lowest BCUT2D eigenvalue weighted by Gasteiger charge is -2.11. The number of hydrazine groups is 1. The maximum Gasteiger partial charge on any atom is 0.276 e. The average Bonchev–Trinajstić information content (AvgIpc) is 2.57. The number of benzene rings is 2. The highest BCUT2D eigenvalue weighted by Gasteiger charge is 2.10. The van der Waals surface area contributed by atoms with Crippen LogP contribution in [0.4, 0.5) is 0 Å². The van der Waals surface area contributed by atoms with Gasteiger partial charge in [-0.1, -0.05) is 36.2 Å². The summed E-state index contributed by atoms with van der Waals surface area (Å²) in [5, 5.41) is 0.653. The van der Waals surface area contributed by atoms with Crippen molar-refractivity contribution in [1.82, 2.24) is 10.9 Å². The summed E-state index contributed by atoms with van der Waals surface area (Å²) in [7, 11) is 0. The molecule has 0 unspecified atom stereocenters. The first kappa shape index (κ1) is 19.6. The maximum absolute atomic E-state index is 12.0. The topological polar surface area (TPSA) is 67.4 Å². The van der Waals surface area contributed by atoms with Crippen LogP contribution in [0.1, 0.15) is 22.8 Å². The van der Waals surface area contributed by atoms with E-state index in [0.29, 0.717) is 15.8 Å². The van der Waals surface area contributed by atoms with E-state index in [1.165, 1.54) is 18.2 Å². The fourth-order valence-corrected chi connectivity index (χ4v) is 3.01. The summed E-state index contributed by atoms with van der Waals surface area (Å²) in [4.78, 5) is 23.8. The number of carbonyl (C=O) groups excluding carboxylic acids is 2. The third-order valence-corrected chi connectivity index (χ3v) is 4.26. The maximum atomic E-state index is 12.0. The minimum Gasteiger partial charge on any atom is -0.483 e. The highest BCUT2D eigenvalue weighted by Crippen LogP contribution is 2.26. The molecule has 0 spiro atoms. The third-order valence-electron chi connectivity index (χ3n) is 3.20. The second-order valence-corrected chi connectivity index (χ2v) is 6.79. The average molecular weight is 446 g/mol. The standard InChI is InChI=1S/C17H15BrCl2N2O3/c1-2-10-3-4-15(14(18)5-10)25-9-16(23)21-22-17(24)11-6-12(19)8-13(20)7-11/h3-8H,2,9H2,1H3,(H,21,23)(H,22,24). The Morgan fingerprint density at radius 1 is 1.08 bits per heavy atom. The molecule has 0 aliphatic heterocycles. The van der Waals surface area contributed by atoms with Gasteiger partial charge in [0.15, 0.2) is 6.61 Å². The SMILES string of the molecule is CCc1ccc(OCC(=O)NNC(=O)c2cc(Cl)cc(Cl)c2)c(Br)c1. The minimum atomic E-state index is -0.536. The molecule has 0 fully saturated rings. The number of hydrogen-bond acceptors (Lipinski definition) is 3. The van der Waals surface area contributed by atoms with Crippen LogP contribution in [-0.2, 0) is 11.2 Å². The second kappa shape index (κ2) is 9.08. The first-order chi connectivity index (χ1) is 11.9. The summed E-state index contributed by atoms with van der Waals surface area (Å²) in [6.07, 6.45) is 0.902. The minimum absolute atomic E-state index is 0.233. The molecule has 0 aliphatic carbocycles. The molecule has 0 saturated heterocycles. The third kappa shape index (κ3) is 5.92. The van der Waals surface area contributed by atoms with E-state index in [-0.39, 0.29) is 12.2 Å². The van der Waals surface area contributed by atoms with Crippen molar-refractivity contribution in [2.75, 3.05) is 6.61 Å². The van der Waals surface area contributed by atoms with Gasteiger partial charge in [-0.25, -0.2) is 0 Å². The Kier molecular flexibility index (Phi) is 7.11. The number of carbonyl (C=O) groups is 2. The van der Waals surface area contributed by atoms with Crippen LogP contribution in [0.15, 0.2) is 40.9 Å². The fraction of sp³-hybridized carbons (Fsp3) is 0.176. The zero-order valence-electron chi connectivity index (χ0n) is 13.2. The van der Waals surface area contributed by atoms with Gasteiger partial charge in [-0.3, -0.25) is 20.4 Å². The number of hydrogen-bond donors (Lipinski definition) is 2. The zero-order chi connectivity index (χ0) is 18.4. The largest absolute Gasteiger partial charge is 0.483 e. The van der Waals surface area contributed by atoms with Crippen molar-refractivity contribution in [2.24, 2.45) is 0 Å². The van der Waals surface area contributed by atoms with Gasteiger partial charge in [0.25, 0.3) is 11.8 Å². The Morgan fingerprint density at radius 3 is 2.36 bits per heavy atom. The molecule has 2 rings (SSSR count). The molecule has 8 heteroatoms. The molecule has 2 aromatic rings. The van der Waals surface area contributed by atoms with Gasteiger partial charge >= 0.3 is 0 Å². The molecule has 0 atom stereocenters. The Balaban J connectivity index is 1.85. The summed E-state index contributed by atoms with van der Waals surface area (Å²) >= 11 is 15.1. The highest BCUT2D eigenvalue weighted by atomic mass is 79.9. The van der Waals surface area contributed by atoms with E-state index in [1.807, 2.05) is 19.1 Å². The zero-order valence-corrected chi connectivity index (χ0v) is 16.3. The lowest BCUT2D eigenvalue weighted by molar-refractivity contribution is -0.123. The van der Waals surface area contributed by atoms with Crippen LogP contribution in [-0.4, -0.2) is 18.4 Å². The first-order valence-corrected chi connectivity index (χ1v) is 8.90. The van der Waals surface area contributed by atoms with Crippen LogP contribution in [0.3, 0.4) is 0 Å². The van der Waals surface area contributed by atoms with E-state index < -0.39 is 11.8 Å². The summed E-state index contributed by atoms with van der Waals surface area (Å²) in [6, 6.07) is 10.0. The van der Waals surface area contributed by atoms with Gasteiger partial charge in [-0.2, -0.15) is 0 Å². The van der Waals surface area contributed by atoms with Gasteiger partial charge < -0.3 is 4.74 Å². The lowest BCUT2D eigenvalue weighted by atomic mass is 10.2. The van der Waals surface area contributed by atoms with E-state index in [2.05, 4.69) is 26.8 Å². The van der Waals surface area contributed by atoms with Crippen molar-refractivity contribution in [3.63, 3.8) is 0 Å². The van der Waals surface area contributed by atoms with Crippen LogP contribution in [0.5, 0.6) is 5.75 Å². The second-order valence-electron chi connectivity index (χ2n) is 5.07. The number of aryl methyl sites for hydroxylation is 1. The summed E-state index contributed by atoms with van der Waals surface area (Å²) in [5.74, 6) is -0.500. The van der Waals surface area contributed by atoms with Crippen molar-refractivity contribution in [3.8, 4) is 5.75 Å². The van der Waals surface area contributed by atoms with Gasteiger partial charge in [0.2, 0.25) is 0 Å². The van der Waals surface area contributed by atoms with Crippen LogP contribution < -0.4 is 15.6 Å². The number of rotatable bonds is 5. The monoisotopic (exact) mass is 444 g/mol. The number of halogens is 3. The van der Waals surface area contributed by atoms with Crippen molar-refractivity contribution in [3.05, 3.63) is 62.0 Å². The van der Waals surface area contributed by atoms with Gasteiger partial charge in [0.05, 0.1) is 4.47 Å². The van der Waals surface area contributed by atoms with Gasteiger partial charge in [0, 0.05) is 15.6 Å². The van der Waals surface area contributed by atoms with Crippen molar-refractivity contribution in [2.45, 2.75) is 13.3 Å². The summed E-state index contributed by atoms with van der Waals surface area (Å²) < 4.78 is 6.18. The van der Waals surface area contributed by atoms with Crippen LogP contribution in [0, 0.1) is 0 Å². The normalized spacial score (nSPS) is 10.2. The number of nitrogens with one attached hydrogen (secondary N) is 2. The van der Waals surface area contributed by atoms with Crippen LogP contribution >= 0.6 is 39.1 Å². The van der Waals surface area contributed by atoms with Gasteiger partial charge in [-0.15, -0.1) is 0 Å². The molecule has 0 saturated carbocycles. The quantitative estimate of drug-likeness (QED) is 0.679. The molecule has 2 amide bonds. The van der Waals surface area contributed by atoms with E-state index in [4.69, 9.17) is 27.9 Å². The molecular weight excluding hydrogens is 431 g/mol. The summed E-state index contributed by atoms with van der Waals surface area (Å²) in [5.41, 5.74) is 5.92. The van der Waals surface area contributed by atoms with E-state index in [9.17, 15) is 9.59 Å². The molecule has 2 aromatic carbocycles. The van der Waals surface area contributed by atoms with Crippen LogP contribution in [0.25, 0.3) is 0 Å². The van der Waals surface area contributed by atoms with Crippen molar-refractivity contribution < 1.29 is 14.3 Å². The smallest absolute Gasteiger partial charge is 0.276 e. The molecule has 25 heavy (non-hydrogen) atoms. The van der Waals surface area contributed by atoms with Crippen molar-refractivity contribution in [1.29, 1.82) is 0 Å². The van der Waals surface area contributed by atoms with Crippen LogP contribution in [0.2, 0.25) is 10.0 Å². The molecule has 0 radical (unpaired) electrons.